The lowest BCUT2D eigenvalue weighted by molar-refractivity contribution is -0.144. The first-order valence-electron chi connectivity index (χ1n) is 6.09. The highest BCUT2D eigenvalue weighted by Crippen LogP contribution is 2.11. The van der Waals surface area contributed by atoms with Crippen molar-refractivity contribution in [2.75, 3.05) is 0 Å². The van der Waals surface area contributed by atoms with Gasteiger partial charge in [0.1, 0.15) is 6.10 Å². The minimum absolute atomic E-state index is 0.0778. The van der Waals surface area contributed by atoms with E-state index in [1.54, 1.807) is 0 Å². The van der Waals surface area contributed by atoms with Gasteiger partial charge in [0.25, 0.3) is 0 Å². The molecule has 0 saturated heterocycles. The Morgan fingerprint density at radius 1 is 1.20 bits per heavy atom. The average Bonchev–Trinajstić information content (AvgIpc) is 2.26. The van der Waals surface area contributed by atoms with Gasteiger partial charge in [-0.2, -0.15) is 0 Å². The van der Waals surface area contributed by atoms with Gasteiger partial charge < -0.3 is 4.74 Å². The molecule has 0 atom stereocenters. The largest absolute Gasteiger partial charge is 0.459 e. The molecule has 0 rings (SSSR count). The van der Waals surface area contributed by atoms with E-state index in [-0.39, 0.29) is 12.1 Å². The number of hydrogen-bond donors (Lipinski definition) is 0. The van der Waals surface area contributed by atoms with E-state index in [1.807, 2.05) is 26.8 Å². The quantitative estimate of drug-likeness (QED) is 0.473. The van der Waals surface area contributed by atoms with Crippen LogP contribution in [-0.2, 0) is 9.53 Å². The van der Waals surface area contributed by atoms with Crippen LogP contribution in [0.1, 0.15) is 59.8 Å². The van der Waals surface area contributed by atoms with E-state index in [9.17, 15) is 4.79 Å². The third kappa shape index (κ3) is 5.60. The molecule has 0 fully saturated rings. The zero-order chi connectivity index (χ0) is 11.7. The first kappa shape index (κ1) is 14.2. The van der Waals surface area contributed by atoms with Crippen molar-refractivity contribution in [2.24, 2.45) is 0 Å². The van der Waals surface area contributed by atoms with Gasteiger partial charge in [0.05, 0.1) is 0 Å². The van der Waals surface area contributed by atoms with Gasteiger partial charge in [-0.15, -0.1) is 0 Å². The number of carbonyl (C=O) groups is 1. The maximum atomic E-state index is 11.7. The van der Waals surface area contributed by atoms with Crippen molar-refractivity contribution in [1.82, 2.24) is 0 Å². The van der Waals surface area contributed by atoms with Gasteiger partial charge >= 0.3 is 5.97 Å². The predicted molar refractivity (Wildman–Crippen MR) is 63.7 cm³/mol. The minimum atomic E-state index is -0.125. The van der Waals surface area contributed by atoms with Gasteiger partial charge in [0.2, 0.25) is 0 Å². The topological polar surface area (TPSA) is 26.3 Å². The second-order valence-corrected chi connectivity index (χ2v) is 3.72. The summed E-state index contributed by atoms with van der Waals surface area (Å²) in [6.45, 7) is 8.19. The number of hydrogen-bond acceptors (Lipinski definition) is 2. The molecule has 0 N–H and O–H groups in total. The van der Waals surface area contributed by atoms with Crippen LogP contribution in [0.5, 0.6) is 0 Å². The van der Waals surface area contributed by atoms with Crippen LogP contribution in [-0.4, -0.2) is 12.1 Å². The van der Waals surface area contributed by atoms with Crippen LogP contribution in [0.4, 0.5) is 0 Å². The molecule has 0 aromatic carbocycles. The molecule has 0 aliphatic carbocycles. The molecule has 0 aliphatic heterocycles. The summed E-state index contributed by atoms with van der Waals surface area (Å²) in [7, 11) is 0. The van der Waals surface area contributed by atoms with Crippen LogP contribution in [0.25, 0.3) is 0 Å². The van der Waals surface area contributed by atoms with Crippen molar-refractivity contribution in [3.63, 3.8) is 0 Å². The summed E-state index contributed by atoms with van der Waals surface area (Å²) >= 11 is 0. The fraction of sp³-hybridized carbons (Fsp3) is 0.769. The van der Waals surface area contributed by atoms with Gasteiger partial charge in [-0.05, 0) is 25.7 Å². The molecule has 0 aromatic heterocycles. The van der Waals surface area contributed by atoms with E-state index in [2.05, 4.69) is 6.92 Å². The summed E-state index contributed by atoms with van der Waals surface area (Å²) in [5, 5.41) is 0. The Morgan fingerprint density at radius 2 is 1.80 bits per heavy atom. The van der Waals surface area contributed by atoms with Crippen molar-refractivity contribution in [2.45, 2.75) is 65.9 Å². The normalized spacial score (nSPS) is 11.9. The summed E-state index contributed by atoms with van der Waals surface area (Å²) in [6.07, 6.45) is 6.67. The average molecular weight is 212 g/mol. The van der Waals surface area contributed by atoms with Gasteiger partial charge in [-0.1, -0.05) is 40.2 Å². The van der Waals surface area contributed by atoms with Gasteiger partial charge in [0, 0.05) is 5.57 Å². The Morgan fingerprint density at radius 3 is 2.20 bits per heavy atom. The summed E-state index contributed by atoms with van der Waals surface area (Å²) < 4.78 is 5.39. The maximum Gasteiger partial charge on any atom is 0.333 e. The molecular weight excluding hydrogens is 188 g/mol. The predicted octanol–water partition coefficient (Wildman–Crippen LogP) is 3.85. The first-order valence-corrected chi connectivity index (χ1v) is 6.09. The fourth-order valence-electron chi connectivity index (χ4n) is 1.37. The number of esters is 1. The lowest BCUT2D eigenvalue weighted by Crippen LogP contribution is -2.17. The molecular formula is C13H24O2. The van der Waals surface area contributed by atoms with E-state index in [4.69, 9.17) is 4.74 Å². The van der Waals surface area contributed by atoms with Gasteiger partial charge in [-0.25, -0.2) is 4.79 Å². The van der Waals surface area contributed by atoms with E-state index < -0.39 is 0 Å². The number of ether oxygens (including phenoxy) is 1. The highest BCUT2D eigenvalue weighted by atomic mass is 16.5. The van der Waals surface area contributed by atoms with Crippen LogP contribution < -0.4 is 0 Å². The SMILES string of the molecule is CCCC=C(CC)C(=O)OC(CC)CC. The Hall–Kier alpha value is -0.790. The molecule has 0 radical (unpaired) electrons. The zero-order valence-electron chi connectivity index (χ0n) is 10.5. The number of allylic oxidation sites excluding steroid dienone is 1. The van der Waals surface area contributed by atoms with Crippen LogP contribution in [0.2, 0.25) is 0 Å². The van der Waals surface area contributed by atoms with Crippen molar-refractivity contribution >= 4 is 5.97 Å². The smallest absolute Gasteiger partial charge is 0.333 e. The van der Waals surface area contributed by atoms with Crippen molar-refractivity contribution < 1.29 is 9.53 Å². The minimum Gasteiger partial charge on any atom is -0.459 e. The first-order chi connectivity index (χ1) is 7.19. The Labute approximate surface area is 93.7 Å². The molecule has 0 saturated carbocycles. The van der Waals surface area contributed by atoms with Crippen LogP contribution in [0.15, 0.2) is 11.6 Å². The molecule has 0 spiro atoms. The van der Waals surface area contributed by atoms with Gasteiger partial charge in [-0.3, -0.25) is 0 Å². The van der Waals surface area contributed by atoms with E-state index >= 15 is 0 Å². The summed E-state index contributed by atoms with van der Waals surface area (Å²) in [5.41, 5.74) is 0.823. The third-order valence-electron chi connectivity index (χ3n) is 2.51. The molecule has 0 heterocycles. The highest BCUT2D eigenvalue weighted by molar-refractivity contribution is 5.88. The Kier molecular flexibility index (Phi) is 8.06. The highest BCUT2D eigenvalue weighted by Gasteiger charge is 2.13. The van der Waals surface area contributed by atoms with Crippen molar-refractivity contribution in [1.29, 1.82) is 0 Å². The second-order valence-electron chi connectivity index (χ2n) is 3.72. The van der Waals surface area contributed by atoms with E-state index in [0.717, 1.165) is 37.7 Å². The molecule has 2 nitrogen and oxygen atoms in total. The molecule has 0 unspecified atom stereocenters. The molecule has 0 amide bonds. The van der Waals surface area contributed by atoms with E-state index in [1.165, 1.54) is 0 Å². The summed E-state index contributed by atoms with van der Waals surface area (Å²) in [6, 6.07) is 0. The standard InChI is InChI=1S/C13H24O2/c1-5-9-10-11(6-2)13(14)15-12(7-3)8-4/h10,12H,5-9H2,1-4H3. The molecule has 0 aromatic rings. The molecule has 0 bridgehead atoms. The zero-order valence-corrected chi connectivity index (χ0v) is 10.5. The number of rotatable bonds is 7. The van der Waals surface area contributed by atoms with Gasteiger partial charge in [0.15, 0.2) is 0 Å². The van der Waals surface area contributed by atoms with Crippen molar-refractivity contribution in [3.8, 4) is 0 Å². The second kappa shape index (κ2) is 8.51. The molecule has 2 heteroatoms. The summed E-state index contributed by atoms with van der Waals surface area (Å²) in [4.78, 5) is 11.7. The van der Waals surface area contributed by atoms with E-state index in [0.29, 0.717) is 0 Å². The van der Waals surface area contributed by atoms with Crippen LogP contribution in [0, 0.1) is 0 Å². The van der Waals surface area contributed by atoms with Crippen LogP contribution in [0.3, 0.4) is 0 Å². The Balaban J connectivity index is 4.26. The third-order valence-corrected chi connectivity index (χ3v) is 2.51. The molecule has 0 aliphatic rings. The number of unbranched alkanes of at least 4 members (excludes halogenated alkanes) is 1. The molecule has 15 heavy (non-hydrogen) atoms. The lowest BCUT2D eigenvalue weighted by Gasteiger charge is -2.14. The maximum absolute atomic E-state index is 11.7. The van der Waals surface area contributed by atoms with Crippen molar-refractivity contribution in [3.05, 3.63) is 11.6 Å². The lowest BCUT2D eigenvalue weighted by atomic mass is 10.1. The number of carbonyl (C=O) groups excluding carboxylic acids is 1. The summed E-state index contributed by atoms with van der Waals surface area (Å²) in [5.74, 6) is -0.125. The monoisotopic (exact) mass is 212 g/mol. The van der Waals surface area contributed by atoms with Crippen LogP contribution >= 0.6 is 0 Å². The fourth-order valence-corrected chi connectivity index (χ4v) is 1.37. The molecule has 88 valence electrons. The Bertz CT molecular complexity index is 203.